The number of anilines is 2. The lowest BCUT2D eigenvalue weighted by Crippen LogP contribution is -2.15. The van der Waals surface area contributed by atoms with Crippen LogP contribution in [0.25, 0.3) is 16.9 Å². The fourth-order valence-corrected chi connectivity index (χ4v) is 3.05. The van der Waals surface area contributed by atoms with Crippen molar-refractivity contribution in [2.24, 2.45) is 0 Å². The van der Waals surface area contributed by atoms with Gasteiger partial charge in [0, 0.05) is 11.8 Å². The Kier molecular flexibility index (Phi) is 4.76. The minimum atomic E-state index is -4.55. The predicted octanol–water partition coefficient (Wildman–Crippen LogP) is 3.38. The molecular weight excluding hydrogens is 399 g/mol. The van der Waals surface area contributed by atoms with Crippen molar-refractivity contribution >= 4 is 17.4 Å². The third kappa shape index (κ3) is 3.75. The van der Waals surface area contributed by atoms with Crippen LogP contribution in [0.2, 0.25) is 0 Å². The van der Waals surface area contributed by atoms with E-state index in [0.29, 0.717) is 17.8 Å². The zero-order valence-corrected chi connectivity index (χ0v) is 16.1. The number of hydrogen-bond acceptors (Lipinski definition) is 7. The summed E-state index contributed by atoms with van der Waals surface area (Å²) in [7, 11) is 0. The Bertz CT molecular complexity index is 1200. The molecule has 156 valence electrons. The van der Waals surface area contributed by atoms with E-state index >= 15 is 0 Å². The van der Waals surface area contributed by atoms with Crippen molar-refractivity contribution in [3.8, 4) is 11.4 Å². The van der Waals surface area contributed by atoms with Crippen LogP contribution in [-0.4, -0.2) is 34.3 Å². The molecule has 0 radical (unpaired) electrons. The van der Waals surface area contributed by atoms with Gasteiger partial charge < -0.3 is 20.4 Å². The highest BCUT2D eigenvalue weighted by Crippen LogP contribution is 2.29. The van der Waals surface area contributed by atoms with Crippen LogP contribution in [0.3, 0.4) is 0 Å². The SMILES string of the molecule is CC[C@@H](Nc1nc(N)nc(-c2ccc3cnc(C)n3c2)n1)c1cnc(C(F)(F)F)[nH]1. The highest BCUT2D eigenvalue weighted by atomic mass is 19.4. The van der Waals surface area contributed by atoms with E-state index in [1.807, 2.05) is 36.6 Å². The maximum absolute atomic E-state index is 12.8. The van der Waals surface area contributed by atoms with Crippen molar-refractivity contribution in [1.82, 2.24) is 34.3 Å². The number of H-pyrrole nitrogens is 1. The molecule has 0 amide bonds. The molecule has 0 aromatic carbocycles. The standard InChI is InChI=1S/C18H18F3N9/c1-3-12(13-7-24-15(25-13)18(19,20)21)26-17-28-14(27-16(22)29-17)10-4-5-11-6-23-9(2)30(11)8-10/h4-8,12H,3H2,1-2H3,(H,24,25)(H3,22,26,27,28,29)/t12-/m1/s1. The summed E-state index contributed by atoms with van der Waals surface area (Å²) in [5, 5.41) is 3.00. The summed E-state index contributed by atoms with van der Waals surface area (Å²) < 4.78 is 40.4. The number of fused-ring (bicyclic) bond motifs is 1. The largest absolute Gasteiger partial charge is 0.449 e. The summed E-state index contributed by atoms with van der Waals surface area (Å²) in [5.74, 6) is 0.210. The molecule has 0 saturated heterocycles. The lowest BCUT2D eigenvalue weighted by Gasteiger charge is -2.16. The molecule has 1 atom stereocenters. The molecule has 12 heteroatoms. The molecular formula is C18H18F3N9. The van der Waals surface area contributed by atoms with Crippen molar-refractivity contribution in [2.75, 3.05) is 11.1 Å². The lowest BCUT2D eigenvalue weighted by molar-refractivity contribution is -0.144. The Labute approximate surface area is 168 Å². The molecule has 0 fully saturated rings. The first kappa shape index (κ1) is 19.6. The van der Waals surface area contributed by atoms with Crippen molar-refractivity contribution in [3.63, 3.8) is 0 Å². The highest BCUT2D eigenvalue weighted by Gasteiger charge is 2.35. The molecule has 4 rings (SSSR count). The van der Waals surface area contributed by atoms with Gasteiger partial charge in [0.05, 0.1) is 29.6 Å². The van der Waals surface area contributed by atoms with Crippen LogP contribution >= 0.6 is 0 Å². The molecule has 0 aliphatic rings. The molecule has 30 heavy (non-hydrogen) atoms. The van der Waals surface area contributed by atoms with Crippen LogP contribution in [0.1, 0.15) is 36.7 Å². The number of nitrogens with one attached hydrogen (secondary N) is 2. The Morgan fingerprint density at radius 1 is 1.17 bits per heavy atom. The molecule has 4 aromatic rings. The van der Waals surface area contributed by atoms with Gasteiger partial charge >= 0.3 is 6.18 Å². The Morgan fingerprint density at radius 3 is 2.67 bits per heavy atom. The fourth-order valence-electron chi connectivity index (χ4n) is 3.05. The summed E-state index contributed by atoms with van der Waals surface area (Å²) in [6, 6.07) is 3.18. The summed E-state index contributed by atoms with van der Waals surface area (Å²) in [5.41, 5.74) is 7.72. The van der Waals surface area contributed by atoms with E-state index in [0.717, 1.165) is 17.5 Å². The van der Waals surface area contributed by atoms with Crippen LogP contribution in [0.5, 0.6) is 0 Å². The monoisotopic (exact) mass is 417 g/mol. The molecule has 0 bridgehead atoms. The van der Waals surface area contributed by atoms with E-state index in [2.05, 4.69) is 35.2 Å². The number of rotatable bonds is 5. The smallest absolute Gasteiger partial charge is 0.368 e. The van der Waals surface area contributed by atoms with E-state index in [1.54, 1.807) is 6.20 Å². The molecule has 0 spiro atoms. The van der Waals surface area contributed by atoms with Gasteiger partial charge in [-0.25, -0.2) is 9.97 Å². The number of aromatic nitrogens is 7. The number of halogens is 3. The van der Waals surface area contributed by atoms with Gasteiger partial charge in [-0.3, -0.25) is 0 Å². The Hall–Kier alpha value is -3.70. The van der Waals surface area contributed by atoms with Gasteiger partial charge in [0.2, 0.25) is 17.7 Å². The topological polar surface area (TPSA) is 123 Å². The average Bonchev–Trinajstić information content (AvgIpc) is 3.33. The first-order valence-corrected chi connectivity index (χ1v) is 9.09. The Morgan fingerprint density at radius 2 is 1.97 bits per heavy atom. The van der Waals surface area contributed by atoms with E-state index in [-0.39, 0.29) is 17.6 Å². The molecule has 4 heterocycles. The van der Waals surface area contributed by atoms with Crippen LogP contribution in [0.4, 0.5) is 25.1 Å². The van der Waals surface area contributed by atoms with Gasteiger partial charge in [0.25, 0.3) is 0 Å². The Balaban J connectivity index is 1.65. The number of nitrogen functional groups attached to an aromatic ring is 1. The number of nitrogens with zero attached hydrogens (tertiary/aromatic N) is 6. The van der Waals surface area contributed by atoms with Gasteiger partial charge in [-0.05, 0) is 25.5 Å². The summed E-state index contributed by atoms with van der Waals surface area (Å²) in [4.78, 5) is 22.6. The number of aryl methyl sites for hydroxylation is 1. The van der Waals surface area contributed by atoms with Gasteiger partial charge in [0.1, 0.15) is 5.82 Å². The van der Waals surface area contributed by atoms with Gasteiger partial charge in [-0.15, -0.1) is 0 Å². The van der Waals surface area contributed by atoms with Crippen LogP contribution < -0.4 is 11.1 Å². The number of pyridine rings is 1. The van der Waals surface area contributed by atoms with Crippen molar-refractivity contribution < 1.29 is 13.2 Å². The summed E-state index contributed by atoms with van der Waals surface area (Å²) in [6.45, 7) is 3.68. The second kappa shape index (κ2) is 7.28. The summed E-state index contributed by atoms with van der Waals surface area (Å²) >= 11 is 0. The maximum Gasteiger partial charge on any atom is 0.449 e. The number of aromatic amines is 1. The quantitative estimate of drug-likeness (QED) is 0.455. The molecule has 4 aromatic heterocycles. The zero-order valence-electron chi connectivity index (χ0n) is 16.1. The zero-order chi connectivity index (χ0) is 21.5. The molecule has 0 aliphatic heterocycles. The average molecular weight is 417 g/mol. The number of imidazole rings is 2. The van der Waals surface area contributed by atoms with Gasteiger partial charge in [-0.1, -0.05) is 6.92 Å². The third-order valence-corrected chi connectivity index (χ3v) is 4.57. The highest BCUT2D eigenvalue weighted by molar-refractivity contribution is 5.61. The number of alkyl halides is 3. The second-order valence-electron chi connectivity index (χ2n) is 6.65. The van der Waals surface area contributed by atoms with Crippen molar-refractivity contribution in [2.45, 2.75) is 32.5 Å². The minimum Gasteiger partial charge on any atom is -0.368 e. The third-order valence-electron chi connectivity index (χ3n) is 4.57. The molecule has 0 aliphatic carbocycles. The van der Waals surface area contributed by atoms with Crippen molar-refractivity contribution in [1.29, 1.82) is 0 Å². The minimum absolute atomic E-state index is 0.0135. The van der Waals surface area contributed by atoms with Crippen LogP contribution in [0.15, 0.2) is 30.7 Å². The summed E-state index contributed by atoms with van der Waals surface area (Å²) in [6.07, 6.45) is 0.633. The first-order chi connectivity index (χ1) is 14.2. The maximum atomic E-state index is 12.8. The predicted molar refractivity (Wildman–Crippen MR) is 103 cm³/mol. The fraction of sp³-hybridized carbons (Fsp3) is 0.278. The van der Waals surface area contributed by atoms with E-state index in [1.165, 1.54) is 0 Å². The molecule has 4 N–H and O–H groups in total. The molecule has 0 unspecified atom stereocenters. The van der Waals surface area contributed by atoms with Crippen molar-refractivity contribution in [3.05, 3.63) is 48.1 Å². The van der Waals surface area contributed by atoms with Gasteiger partial charge in [-0.2, -0.15) is 28.1 Å². The molecule has 9 nitrogen and oxygen atoms in total. The number of nitrogens with two attached hydrogens (primary N) is 1. The van der Waals surface area contributed by atoms with Gasteiger partial charge in [0.15, 0.2) is 5.82 Å². The molecule has 0 saturated carbocycles. The van der Waals surface area contributed by atoms with E-state index in [4.69, 9.17) is 5.73 Å². The number of hydrogen-bond donors (Lipinski definition) is 3. The normalized spacial score (nSPS) is 13.0. The van der Waals surface area contributed by atoms with Crippen LogP contribution in [-0.2, 0) is 6.18 Å². The van der Waals surface area contributed by atoms with E-state index < -0.39 is 18.0 Å². The van der Waals surface area contributed by atoms with Crippen LogP contribution in [0, 0.1) is 6.92 Å². The van der Waals surface area contributed by atoms with E-state index in [9.17, 15) is 13.2 Å². The first-order valence-electron chi connectivity index (χ1n) is 9.09. The lowest BCUT2D eigenvalue weighted by atomic mass is 10.2. The second-order valence-corrected chi connectivity index (χ2v) is 6.65.